The molecule has 22 heavy (non-hydrogen) atoms. The molecule has 3 rings (SSSR count). The summed E-state index contributed by atoms with van der Waals surface area (Å²) in [6, 6.07) is 11.3. The Bertz CT molecular complexity index is 866. The zero-order valence-corrected chi connectivity index (χ0v) is 12.3. The smallest absolute Gasteiger partial charge is 0.224 e. The Kier molecular flexibility index (Phi) is 3.65. The van der Waals surface area contributed by atoms with Crippen LogP contribution < -0.4 is 5.43 Å². The molecular formula is C16H15N5O. The van der Waals surface area contributed by atoms with Crippen LogP contribution in [0.3, 0.4) is 0 Å². The van der Waals surface area contributed by atoms with Gasteiger partial charge in [0.05, 0.1) is 17.2 Å². The summed E-state index contributed by atoms with van der Waals surface area (Å²) in [4.78, 5) is 20.4. The summed E-state index contributed by atoms with van der Waals surface area (Å²) < 4.78 is 1.88. The Morgan fingerprint density at radius 3 is 2.91 bits per heavy atom. The highest BCUT2D eigenvalue weighted by Gasteiger charge is 2.07. The minimum absolute atomic E-state index is 0.255. The van der Waals surface area contributed by atoms with Gasteiger partial charge in [0.25, 0.3) is 0 Å². The average molecular weight is 293 g/mol. The summed E-state index contributed by atoms with van der Waals surface area (Å²) in [6.45, 7) is 1.91. The topological polar surface area (TPSA) is 72.2 Å². The van der Waals surface area contributed by atoms with E-state index < -0.39 is 0 Å². The van der Waals surface area contributed by atoms with Crippen LogP contribution in [0.5, 0.6) is 0 Å². The first kappa shape index (κ1) is 13.9. The van der Waals surface area contributed by atoms with E-state index in [1.807, 2.05) is 48.9 Å². The number of aromatic nitrogens is 3. The molecule has 0 unspecified atom stereocenters. The molecule has 6 nitrogen and oxygen atoms in total. The number of pyridine rings is 1. The quantitative estimate of drug-likeness (QED) is 0.456. The average Bonchev–Trinajstić information content (AvgIpc) is 2.84. The zero-order chi connectivity index (χ0) is 15.5. The number of hydrogen-bond acceptors (Lipinski definition) is 5. The Morgan fingerprint density at radius 2 is 2.14 bits per heavy atom. The molecule has 0 bridgehead atoms. The highest BCUT2D eigenvalue weighted by molar-refractivity contribution is 6.34. The molecular weight excluding hydrogens is 278 g/mol. The molecule has 0 saturated carbocycles. The van der Waals surface area contributed by atoms with Gasteiger partial charge in [-0.3, -0.25) is 9.78 Å². The maximum atomic E-state index is 12.0. The lowest BCUT2D eigenvalue weighted by atomic mass is 10.2. The van der Waals surface area contributed by atoms with E-state index in [1.54, 1.807) is 12.3 Å². The molecule has 3 aromatic rings. The molecule has 0 aliphatic rings. The Balaban J connectivity index is 1.76. The summed E-state index contributed by atoms with van der Waals surface area (Å²) in [5, 5.41) is 3.96. The molecule has 0 fully saturated rings. The Morgan fingerprint density at radius 1 is 1.32 bits per heavy atom. The maximum absolute atomic E-state index is 12.0. The number of aryl methyl sites for hydroxylation is 2. The van der Waals surface area contributed by atoms with E-state index in [9.17, 15) is 4.79 Å². The minimum Gasteiger partial charge on any atom is -0.312 e. The zero-order valence-electron chi connectivity index (χ0n) is 12.3. The lowest BCUT2D eigenvalue weighted by Gasteiger charge is -2.00. The first-order chi connectivity index (χ1) is 10.6. The van der Waals surface area contributed by atoms with E-state index in [4.69, 9.17) is 0 Å². The van der Waals surface area contributed by atoms with Crippen molar-refractivity contribution in [3.05, 3.63) is 53.9 Å². The largest absolute Gasteiger partial charge is 0.312 e. The highest BCUT2D eigenvalue weighted by Crippen LogP contribution is 2.17. The molecule has 0 saturated heterocycles. The third kappa shape index (κ3) is 2.71. The van der Waals surface area contributed by atoms with Gasteiger partial charge in [-0.15, -0.1) is 0 Å². The fourth-order valence-electron chi connectivity index (χ4n) is 2.13. The number of rotatable bonds is 4. The minimum atomic E-state index is -0.255. The molecule has 0 aliphatic carbocycles. The van der Waals surface area contributed by atoms with Gasteiger partial charge in [0.2, 0.25) is 11.7 Å². The van der Waals surface area contributed by atoms with E-state index in [0.717, 1.165) is 16.6 Å². The SMILES string of the molecule is Cc1ccnc(C(=O)/C=N\Nc2nc3ccccc3n2C)c1. The van der Waals surface area contributed by atoms with Crippen molar-refractivity contribution < 1.29 is 4.79 Å². The van der Waals surface area contributed by atoms with Crippen molar-refractivity contribution in [3.63, 3.8) is 0 Å². The van der Waals surface area contributed by atoms with Crippen molar-refractivity contribution in [2.45, 2.75) is 6.92 Å². The normalized spacial score (nSPS) is 11.2. The summed E-state index contributed by atoms with van der Waals surface area (Å²) >= 11 is 0. The van der Waals surface area contributed by atoms with Crippen molar-refractivity contribution in [2.75, 3.05) is 5.43 Å². The van der Waals surface area contributed by atoms with Crippen molar-refractivity contribution >= 4 is 29.0 Å². The summed E-state index contributed by atoms with van der Waals surface area (Å²) in [5.41, 5.74) is 6.01. The van der Waals surface area contributed by atoms with Crippen LogP contribution in [0.15, 0.2) is 47.7 Å². The van der Waals surface area contributed by atoms with Gasteiger partial charge in [0, 0.05) is 13.2 Å². The van der Waals surface area contributed by atoms with E-state index in [2.05, 4.69) is 20.5 Å². The van der Waals surface area contributed by atoms with Crippen molar-refractivity contribution in [1.82, 2.24) is 14.5 Å². The van der Waals surface area contributed by atoms with Crippen molar-refractivity contribution in [3.8, 4) is 0 Å². The molecule has 1 aromatic carbocycles. The standard InChI is InChI=1S/C16H15N5O/c1-11-7-8-17-13(9-11)15(22)10-18-20-16-19-12-5-3-4-6-14(12)21(16)2/h3-10H,1-2H3,(H,19,20)/b18-10-. The Labute approximate surface area is 127 Å². The molecule has 0 amide bonds. The monoisotopic (exact) mass is 293 g/mol. The van der Waals surface area contributed by atoms with Gasteiger partial charge in [-0.1, -0.05) is 12.1 Å². The Hall–Kier alpha value is -3.02. The van der Waals surface area contributed by atoms with Crippen molar-refractivity contribution in [1.29, 1.82) is 0 Å². The second-order valence-corrected chi connectivity index (χ2v) is 4.94. The van der Waals surface area contributed by atoms with E-state index >= 15 is 0 Å². The number of hydrogen-bond donors (Lipinski definition) is 1. The van der Waals surface area contributed by atoms with Crippen LogP contribution in [-0.4, -0.2) is 26.5 Å². The van der Waals surface area contributed by atoms with E-state index in [-0.39, 0.29) is 5.78 Å². The first-order valence-electron chi connectivity index (χ1n) is 6.82. The van der Waals surface area contributed by atoms with Crippen molar-refractivity contribution in [2.24, 2.45) is 12.1 Å². The van der Waals surface area contributed by atoms with Crippen LogP contribution in [0.1, 0.15) is 16.1 Å². The third-order valence-corrected chi connectivity index (χ3v) is 3.30. The number of fused-ring (bicyclic) bond motifs is 1. The van der Waals surface area contributed by atoms with Crippen LogP contribution in [0.25, 0.3) is 11.0 Å². The van der Waals surface area contributed by atoms with Crippen LogP contribution in [0, 0.1) is 6.92 Å². The van der Waals surface area contributed by atoms with Gasteiger partial charge in [-0.05, 0) is 36.8 Å². The predicted molar refractivity (Wildman–Crippen MR) is 86.1 cm³/mol. The molecule has 0 atom stereocenters. The molecule has 0 spiro atoms. The lowest BCUT2D eigenvalue weighted by molar-refractivity contribution is 0.106. The van der Waals surface area contributed by atoms with Gasteiger partial charge < -0.3 is 4.57 Å². The van der Waals surface area contributed by atoms with E-state index in [0.29, 0.717) is 11.6 Å². The molecule has 2 aromatic heterocycles. The number of benzene rings is 1. The number of carbonyl (C=O) groups is 1. The van der Waals surface area contributed by atoms with Crippen LogP contribution in [-0.2, 0) is 7.05 Å². The number of nitrogens with one attached hydrogen (secondary N) is 1. The third-order valence-electron chi connectivity index (χ3n) is 3.30. The highest BCUT2D eigenvalue weighted by atomic mass is 16.1. The molecule has 6 heteroatoms. The fourth-order valence-corrected chi connectivity index (χ4v) is 2.13. The summed E-state index contributed by atoms with van der Waals surface area (Å²) in [7, 11) is 1.89. The number of Topliss-reactive ketones (excluding diaryl/α,β-unsaturated/α-hetero) is 1. The summed E-state index contributed by atoms with van der Waals surface area (Å²) in [6.07, 6.45) is 2.82. The molecule has 0 aliphatic heterocycles. The number of nitrogens with zero attached hydrogens (tertiary/aromatic N) is 4. The van der Waals surface area contributed by atoms with Crippen LogP contribution in [0.2, 0.25) is 0 Å². The van der Waals surface area contributed by atoms with Gasteiger partial charge in [0.15, 0.2) is 0 Å². The number of ketones is 1. The number of carbonyl (C=O) groups excluding carboxylic acids is 1. The predicted octanol–water partition coefficient (Wildman–Crippen LogP) is 2.56. The van der Waals surface area contributed by atoms with Gasteiger partial charge >= 0.3 is 0 Å². The van der Waals surface area contributed by atoms with Gasteiger partial charge in [0.1, 0.15) is 5.69 Å². The number of hydrazone groups is 1. The van der Waals surface area contributed by atoms with Gasteiger partial charge in [-0.25, -0.2) is 10.4 Å². The first-order valence-corrected chi connectivity index (χ1v) is 6.82. The number of imidazole rings is 1. The molecule has 0 radical (unpaired) electrons. The lowest BCUT2D eigenvalue weighted by Crippen LogP contribution is -2.06. The summed E-state index contributed by atoms with van der Waals surface area (Å²) in [5.74, 6) is 0.317. The number of anilines is 1. The van der Waals surface area contributed by atoms with Crippen LogP contribution in [0.4, 0.5) is 5.95 Å². The van der Waals surface area contributed by atoms with Gasteiger partial charge in [-0.2, -0.15) is 5.10 Å². The molecule has 2 heterocycles. The molecule has 1 N–H and O–H groups in total. The second kappa shape index (κ2) is 5.77. The number of para-hydroxylation sites is 2. The maximum Gasteiger partial charge on any atom is 0.224 e. The second-order valence-electron chi connectivity index (χ2n) is 4.94. The fraction of sp³-hybridized carbons (Fsp3) is 0.125. The van der Waals surface area contributed by atoms with Crippen LogP contribution >= 0.6 is 0 Å². The molecule has 110 valence electrons. The van der Waals surface area contributed by atoms with E-state index in [1.165, 1.54) is 6.21 Å².